The number of hydrogen-bond donors (Lipinski definition) is 2. The van der Waals surface area contributed by atoms with Gasteiger partial charge in [-0.25, -0.2) is 4.39 Å². The zero-order valence-corrected chi connectivity index (χ0v) is 16.2. The fourth-order valence-electron chi connectivity index (χ4n) is 3.58. The van der Waals surface area contributed by atoms with Gasteiger partial charge in [0, 0.05) is 10.8 Å². The van der Waals surface area contributed by atoms with Crippen molar-refractivity contribution in [2.75, 3.05) is 0 Å². The number of fused-ring (bicyclic) bond motifs is 3. The van der Waals surface area contributed by atoms with Gasteiger partial charge in [-0.1, -0.05) is 37.1 Å². The third-order valence-electron chi connectivity index (χ3n) is 4.77. The van der Waals surface area contributed by atoms with E-state index in [-0.39, 0.29) is 18.0 Å². The number of H-pyrrole nitrogens is 1. The monoisotopic (exact) mass is 401 g/mol. The van der Waals surface area contributed by atoms with Gasteiger partial charge in [0.1, 0.15) is 10.5 Å². The Labute approximate surface area is 164 Å². The number of halogens is 2. The lowest BCUT2D eigenvalue weighted by molar-refractivity contribution is 0.282. The van der Waals surface area contributed by atoms with E-state index in [0.717, 1.165) is 17.2 Å². The number of hydrogen-bond acceptors (Lipinski definition) is 3. The van der Waals surface area contributed by atoms with E-state index in [1.165, 1.54) is 17.4 Å². The second-order valence-electron chi connectivity index (χ2n) is 6.47. The zero-order chi connectivity index (χ0) is 19.1. The normalized spacial score (nSPS) is 11.6. The molecule has 0 aliphatic rings. The van der Waals surface area contributed by atoms with Crippen LogP contribution in [0.25, 0.3) is 32.1 Å². The predicted octanol–water partition coefficient (Wildman–Crippen LogP) is 5.65. The largest absolute Gasteiger partial charge is 0.392 e. The third kappa shape index (κ3) is 2.96. The fourth-order valence-corrected chi connectivity index (χ4v) is 4.64. The maximum Gasteiger partial charge on any atom is 0.266 e. The number of aliphatic hydroxyl groups excluding tert-OH is 1. The molecule has 0 atom stereocenters. The first-order chi connectivity index (χ1) is 13.0. The van der Waals surface area contributed by atoms with Crippen LogP contribution in [0.4, 0.5) is 4.39 Å². The summed E-state index contributed by atoms with van der Waals surface area (Å²) in [6, 6.07) is 8.63. The van der Waals surface area contributed by atoms with Crippen LogP contribution >= 0.6 is 22.9 Å². The van der Waals surface area contributed by atoms with Gasteiger partial charge in [0.2, 0.25) is 0 Å². The molecule has 4 aromatic rings. The molecule has 0 bridgehead atoms. The van der Waals surface area contributed by atoms with Gasteiger partial charge in [-0.05, 0) is 52.3 Å². The molecule has 2 aromatic heterocycles. The van der Waals surface area contributed by atoms with Gasteiger partial charge in [-0.3, -0.25) is 4.79 Å². The number of aryl methyl sites for hydroxylation is 1. The number of pyridine rings is 1. The molecule has 138 valence electrons. The number of rotatable bonds is 4. The number of thiophene rings is 1. The van der Waals surface area contributed by atoms with Gasteiger partial charge in [0.25, 0.3) is 5.56 Å². The van der Waals surface area contributed by atoms with E-state index in [0.29, 0.717) is 43.9 Å². The molecule has 0 amide bonds. The van der Waals surface area contributed by atoms with Gasteiger partial charge >= 0.3 is 0 Å². The Bertz CT molecular complexity index is 1230. The van der Waals surface area contributed by atoms with Crippen LogP contribution in [-0.4, -0.2) is 10.1 Å². The van der Waals surface area contributed by atoms with Crippen molar-refractivity contribution in [3.8, 4) is 11.1 Å². The van der Waals surface area contributed by atoms with Gasteiger partial charge in [0.05, 0.1) is 17.1 Å². The number of aliphatic hydroxyl groups is 1. The number of benzene rings is 2. The highest BCUT2D eigenvalue weighted by Gasteiger charge is 2.18. The maximum atomic E-state index is 14.6. The van der Waals surface area contributed by atoms with E-state index >= 15 is 0 Å². The van der Waals surface area contributed by atoms with Gasteiger partial charge in [-0.2, -0.15) is 0 Å². The van der Waals surface area contributed by atoms with E-state index in [2.05, 4.69) is 4.98 Å². The molecule has 2 aromatic carbocycles. The van der Waals surface area contributed by atoms with Crippen LogP contribution < -0.4 is 5.56 Å². The molecular formula is C21H17ClFNO2S. The lowest BCUT2D eigenvalue weighted by Crippen LogP contribution is -2.06. The molecule has 6 heteroatoms. The number of nitrogens with one attached hydrogen (secondary N) is 1. The molecule has 2 N–H and O–H groups in total. The first kappa shape index (κ1) is 18.2. The highest BCUT2D eigenvalue weighted by atomic mass is 35.5. The molecule has 0 aliphatic carbocycles. The van der Waals surface area contributed by atoms with E-state index in [4.69, 9.17) is 11.6 Å². The van der Waals surface area contributed by atoms with Crippen molar-refractivity contribution < 1.29 is 9.50 Å². The second kappa shape index (κ2) is 7.08. The Morgan fingerprint density at radius 3 is 2.74 bits per heavy atom. The first-order valence-corrected chi connectivity index (χ1v) is 9.95. The summed E-state index contributed by atoms with van der Waals surface area (Å²) in [4.78, 5) is 15.2. The Kier molecular flexibility index (Phi) is 4.76. The lowest BCUT2D eigenvalue weighted by atomic mass is 9.92. The number of aromatic amines is 1. The minimum Gasteiger partial charge on any atom is -0.392 e. The van der Waals surface area contributed by atoms with Crippen LogP contribution in [0.3, 0.4) is 0 Å². The van der Waals surface area contributed by atoms with Gasteiger partial charge in [0.15, 0.2) is 0 Å². The molecular weight excluding hydrogens is 385 g/mol. The summed E-state index contributed by atoms with van der Waals surface area (Å²) in [5.41, 5.74) is 2.89. The predicted molar refractivity (Wildman–Crippen MR) is 110 cm³/mol. The van der Waals surface area contributed by atoms with Crippen molar-refractivity contribution in [1.29, 1.82) is 0 Å². The molecule has 0 spiro atoms. The standard InChI is InChI=1S/C21H17ClFNO2S/c1-2-3-11-4-5-12(9-16(11)23)17-13(10-25)8-15(22)19-18(17)14-6-7-27-20(14)21(26)24-19/h4-9,25H,2-3,10H2,1H3,(H,24,26). The second-order valence-corrected chi connectivity index (χ2v) is 7.80. The summed E-state index contributed by atoms with van der Waals surface area (Å²) in [7, 11) is 0. The zero-order valence-electron chi connectivity index (χ0n) is 14.6. The summed E-state index contributed by atoms with van der Waals surface area (Å²) >= 11 is 7.73. The van der Waals surface area contributed by atoms with Crippen LogP contribution in [0.1, 0.15) is 24.5 Å². The molecule has 0 radical (unpaired) electrons. The molecule has 27 heavy (non-hydrogen) atoms. The van der Waals surface area contributed by atoms with E-state index in [9.17, 15) is 14.3 Å². The highest BCUT2D eigenvalue weighted by Crippen LogP contribution is 2.40. The SMILES string of the molecule is CCCc1ccc(-c2c(CO)cc(Cl)c3[nH]c(=O)c4sccc4c23)cc1F. The topological polar surface area (TPSA) is 53.1 Å². The van der Waals surface area contributed by atoms with Crippen molar-refractivity contribution in [2.24, 2.45) is 0 Å². The highest BCUT2D eigenvalue weighted by molar-refractivity contribution is 7.17. The first-order valence-electron chi connectivity index (χ1n) is 8.69. The maximum absolute atomic E-state index is 14.6. The average Bonchev–Trinajstić information content (AvgIpc) is 3.15. The van der Waals surface area contributed by atoms with Gasteiger partial charge < -0.3 is 10.1 Å². The Morgan fingerprint density at radius 1 is 1.22 bits per heavy atom. The van der Waals surface area contributed by atoms with Crippen molar-refractivity contribution >= 4 is 43.9 Å². The smallest absolute Gasteiger partial charge is 0.266 e. The van der Waals surface area contributed by atoms with Crippen molar-refractivity contribution in [1.82, 2.24) is 4.98 Å². The molecule has 0 unspecified atom stereocenters. The van der Waals surface area contributed by atoms with Crippen LogP contribution in [0.5, 0.6) is 0 Å². The summed E-state index contributed by atoms with van der Waals surface area (Å²) in [5.74, 6) is -0.271. The molecule has 2 heterocycles. The average molecular weight is 402 g/mol. The quantitative estimate of drug-likeness (QED) is 0.464. The molecule has 0 saturated heterocycles. The summed E-state index contributed by atoms with van der Waals surface area (Å²) in [6.07, 6.45) is 1.53. The van der Waals surface area contributed by atoms with Crippen LogP contribution in [0, 0.1) is 5.82 Å². The fraction of sp³-hybridized carbons (Fsp3) is 0.190. The van der Waals surface area contributed by atoms with Crippen LogP contribution in [0.15, 0.2) is 40.5 Å². The Morgan fingerprint density at radius 2 is 2.04 bits per heavy atom. The molecule has 3 nitrogen and oxygen atoms in total. The van der Waals surface area contributed by atoms with E-state index < -0.39 is 0 Å². The Balaban J connectivity index is 2.13. The summed E-state index contributed by atoms with van der Waals surface area (Å²) in [6.45, 7) is 1.77. The molecule has 0 fully saturated rings. The molecule has 0 aliphatic heterocycles. The van der Waals surface area contributed by atoms with Crippen molar-refractivity contribution in [3.63, 3.8) is 0 Å². The van der Waals surface area contributed by atoms with E-state index in [1.54, 1.807) is 12.1 Å². The third-order valence-corrected chi connectivity index (χ3v) is 5.98. The minimum atomic E-state index is -0.271. The Hall–Kier alpha value is -2.21. The van der Waals surface area contributed by atoms with E-state index in [1.807, 2.05) is 24.4 Å². The molecule has 0 saturated carbocycles. The van der Waals surface area contributed by atoms with Crippen molar-refractivity contribution in [2.45, 2.75) is 26.4 Å². The minimum absolute atomic E-state index is 0.207. The lowest BCUT2D eigenvalue weighted by Gasteiger charge is -2.15. The van der Waals surface area contributed by atoms with Crippen LogP contribution in [-0.2, 0) is 13.0 Å². The van der Waals surface area contributed by atoms with Crippen molar-refractivity contribution in [3.05, 3.63) is 68.0 Å². The van der Waals surface area contributed by atoms with Gasteiger partial charge in [-0.15, -0.1) is 11.3 Å². The number of aromatic nitrogens is 1. The summed E-state index contributed by atoms with van der Waals surface area (Å²) in [5, 5.41) is 13.6. The summed E-state index contributed by atoms with van der Waals surface area (Å²) < 4.78 is 15.2. The van der Waals surface area contributed by atoms with Crippen LogP contribution in [0.2, 0.25) is 5.02 Å². The molecule has 4 rings (SSSR count).